The first kappa shape index (κ1) is 20.7. The largest absolute Gasteiger partial charge is 0.462 e. The molecule has 30 heavy (non-hydrogen) atoms. The molecule has 0 aliphatic carbocycles. The molecule has 0 spiro atoms. The van der Waals surface area contributed by atoms with Crippen molar-refractivity contribution in [3.63, 3.8) is 0 Å². The summed E-state index contributed by atoms with van der Waals surface area (Å²) in [7, 11) is 0. The Hall–Kier alpha value is -2.58. The lowest BCUT2D eigenvalue weighted by Gasteiger charge is -2.38. The minimum absolute atomic E-state index is 0.240. The number of thiophene rings is 1. The lowest BCUT2D eigenvalue weighted by atomic mass is 9.74. The van der Waals surface area contributed by atoms with E-state index in [9.17, 15) is 9.18 Å². The lowest BCUT2D eigenvalue weighted by molar-refractivity contribution is 0.0530. The lowest BCUT2D eigenvalue weighted by Crippen LogP contribution is -2.40. The molecule has 1 fully saturated rings. The highest BCUT2D eigenvalue weighted by Gasteiger charge is 2.35. The highest BCUT2D eigenvalue weighted by molar-refractivity contribution is 7.20. The Labute approximate surface area is 178 Å². The summed E-state index contributed by atoms with van der Waals surface area (Å²) in [4.78, 5) is 22.3. The van der Waals surface area contributed by atoms with E-state index in [4.69, 9.17) is 9.47 Å². The Morgan fingerprint density at radius 1 is 1.33 bits per heavy atom. The van der Waals surface area contributed by atoms with E-state index in [1.165, 1.54) is 23.7 Å². The topological polar surface area (TPSA) is 73.3 Å². The van der Waals surface area contributed by atoms with Gasteiger partial charge in [0.25, 0.3) is 0 Å². The van der Waals surface area contributed by atoms with Gasteiger partial charge in [0.1, 0.15) is 27.7 Å². The number of hydrogen-bond acceptors (Lipinski definition) is 7. The van der Waals surface area contributed by atoms with Crippen LogP contribution in [-0.2, 0) is 14.9 Å². The maximum Gasteiger partial charge on any atom is 0.348 e. The number of carbonyl (C=O) groups excluding carboxylic acids is 1. The smallest absolute Gasteiger partial charge is 0.348 e. The van der Waals surface area contributed by atoms with Crippen LogP contribution in [0.25, 0.3) is 10.2 Å². The van der Waals surface area contributed by atoms with Crippen molar-refractivity contribution >= 4 is 33.3 Å². The van der Waals surface area contributed by atoms with Gasteiger partial charge in [0, 0.05) is 25.2 Å². The van der Waals surface area contributed by atoms with E-state index in [-0.39, 0.29) is 17.2 Å². The van der Waals surface area contributed by atoms with E-state index in [1.807, 2.05) is 13.0 Å². The van der Waals surface area contributed by atoms with Crippen LogP contribution < -0.4 is 5.32 Å². The molecule has 0 saturated carbocycles. The summed E-state index contributed by atoms with van der Waals surface area (Å²) in [5.41, 5.74) is 1.51. The SMILES string of the molecule is CCOC(=O)c1sc2ncnc(NCC3(c4cccc(F)c4)CCOCC3)c2c1C. The molecule has 1 aliphatic heterocycles. The molecule has 2 aromatic heterocycles. The van der Waals surface area contributed by atoms with Gasteiger partial charge in [-0.3, -0.25) is 0 Å². The molecule has 1 N–H and O–H groups in total. The number of nitrogens with zero attached hydrogens (tertiary/aromatic N) is 2. The third kappa shape index (κ3) is 3.89. The summed E-state index contributed by atoms with van der Waals surface area (Å²) in [5.74, 6) is 0.0896. The van der Waals surface area contributed by atoms with Crippen molar-refractivity contribution in [2.45, 2.75) is 32.1 Å². The number of nitrogens with one attached hydrogen (secondary N) is 1. The van der Waals surface area contributed by atoms with E-state index in [0.717, 1.165) is 34.2 Å². The van der Waals surface area contributed by atoms with Crippen LogP contribution in [0.3, 0.4) is 0 Å². The first-order valence-corrected chi connectivity index (χ1v) is 10.8. The number of carbonyl (C=O) groups is 1. The number of esters is 1. The Morgan fingerprint density at radius 2 is 2.13 bits per heavy atom. The first-order valence-electron chi connectivity index (χ1n) is 10.0. The number of benzene rings is 1. The summed E-state index contributed by atoms with van der Waals surface area (Å²) in [5, 5.41) is 4.29. The molecule has 3 aromatic rings. The van der Waals surface area contributed by atoms with Crippen molar-refractivity contribution in [2.24, 2.45) is 0 Å². The van der Waals surface area contributed by atoms with Crippen LogP contribution in [0.2, 0.25) is 0 Å². The third-order valence-electron chi connectivity index (χ3n) is 5.67. The molecule has 8 heteroatoms. The molecule has 1 saturated heterocycles. The second-order valence-electron chi connectivity index (χ2n) is 7.44. The molecular weight excluding hydrogens is 405 g/mol. The zero-order chi connectivity index (χ0) is 21.1. The minimum atomic E-state index is -0.343. The maximum absolute atomic E-state index is 13.9. The van der Waals surface area contributed by atoms with Crippen molar-refractivity contribution in [1.82, 2.24) is 9.97 Å². The number of aryl methyl sites for hydroxylation is 1. The zero-order valence-electron chi connectivity index (χ0n) is 17.0. The Balaban J connectivity index is 1.67. The number of rotatable bonds is 6. The molecule has 0 radical (unpaired) electrons. The summed E-state index contributed by atoms with van der Waals surface area (Å²) in [6.07, 6.45) is 3.07. The van der Waals surface area contributed by atoms with Crippen LogP contribution in [0, 0.1) is 12.7 Å². The van der Waals surface area contributed by atoms with Crippen LogP contribution in [0.1, 0.15) is 40.6 Å². The third-order valence-corrected chi connectivity index (χ3v) is 6.85. The van der Waals surface area contributed by atoms with Crippen molar-refractivity contribution < 1.29 is 18.7 Å². The maximum atomic E-state index is 13.9. The number of fused-ring (bicyclic) bond motifs is 1. The molecule has 3 heterocycles. The molecule has 0 unspecified atom stereocenters. The minimum Gasteiger partial charge on any atom is -0.462 e. The van der Waals surface area contributed by atoms with Crippen LogP contribution in [-0.4, -0.2) is 42.3 Å². The van der Waals surface area contributed by atoms with Crippen LogP contribution in [0.15, 0.2) is 30.6 Å². The summed E-state index contributed by atoms with van der Waals surface area (Å²) in [6.45, 7) is 5.82. The number of anilines is 1. The van der Waals surface area contributed by atoms with Crippen molar-refractivity contribution in [2.75, 3.05) is 31.7 Å². The van der Waals surface area contributed by atoms with Gasteiger partial charge in [-0.1, -0.05) is 12.1 Å². The van der Waals surface area contributed by atoms with Gasteiger partial charge in [-0.25, -0.2) is 19.2 Å². The fraction of sp³-hybridized carbons (Fsp3) is 0.409. The van der Waals surface area contributed by atoms with Crippen molar-refractivity contribution in [3.8, 4) is 0 Å². The van der Waals surface area contributed by atoms with Crippen LogP contribution in [0.4, 0.5) is 10.2 Å². The predicted molar refractivity (Wildman–Crippen MR) is 115 cm³/mol. The molecule has 1 aromatic carbocycles. The first-order chi connectivity index (χ1) is 14.5. The average molecular weight is 430 g/mol. The van der Waals surface area contributed by atoms with E-state index >= 15 is 0 Å². The van der Waals surface area contributed by atoms with Gasteiger partial charge in [0.15, 0.2) is 0 Å². The van der Waals surface area contributed by atoms with E-state index in [0.29, 0.717) is 37.1 Å². The number of halogens is 1. The second-order valence-corrected chi connectivity index (χ2v) is 8.43. The number of aromatic nitrogens is 2. The predicted octanol–water partition coefficient (Wildman–Crippen LogP) is 4.48. The summed E-state index contributed by atoms with van der Waals surface area (Å²) in [6, 6.07) is 6.79. The molecule has 1 aliphatic rings. The van der Waals surface area contributed by atoms with Gasteiger partial charge in [-0.15, -0.1) is 11.3 Å². The molecule has 6 nitrogen and oxygen atoms in total. The van der Waals surface area contributed by atoms with Gasteiger partial charge >= 0.3 is 5.97 Å². The van der Waals surface area contributed by atoms with Gasteiger partial charge in [-0.05, 0) is 49.9 Å². The highest BCUT2D eigenvalue weighted by atomic mass is 32.1. The number of ether oxygens (including phenoxy) is 2. The summed E-state index contributed by atoms with van der Waals surface area (Å²) < 4.78 is 24.7. The fourth-order valence-electron chi connectivity index (χ4n) is 4.00. The normalized spacial score (nSPS) is 15.8. The van der Waals surface area contributed by atoms with Gasteiger partial charge in [0.2, 0.25) is 0 Å². The van der Waals surface area contributed by atoms with E-state index < -0.39 is 0 Å². The van der Waals surface area contributed by atoms with E-state index in [2.05, 4.69) is 15.3 Å². The van der Waals surface area contributed by atoms with Gasteiger partial charge < -0.3 is 14.8 Å². The highest BCUT2D eigenvalue weighted by Crippen LogP contribution is 2.37. The second kappa shape index (κ2) is 8.65. The quantitative estimate of drug-likeness (QED) is 0.583. The monoisotopic (exact) mass is 429 g/mol. The molecular formula is C22H24FN3O3S. The molecule has 0 atom stereocenters. The van der Waals surface area contributed by atoms with Crippen LogP contribution >= 0.6 is 11.3 Å². The molecule has 0 bridgehead atoms. The Kier molecular flexibility index (Phi) is 5.97. The van der Waals surface area contributed by atoms with Gasteiger partial charge in [-0.2, -0.15) is 0 Å². The molecule has 158 valence electrons. The number of hydrogen-bond donors (Lipinski definition) is 1. The zero-order valence-corrected chi connectivity index (χ0v) is 17.9. The standard InChI is InChI=1S/C22H24FN3O3S/c1-3-29-21(27)18-14(2)17-19(25-13-26-20(17)30-18)24-12-22(7-9-28-10-8-22)15-5-4-6-16(23)11-15/h4-6,11,13H,3,7-10,12H2,1-2H3,(H,24,25,26). The van der Waals surface area contributed by atoms with Crippen LogP contribution in [0.5, 0.6) is 0 Å². The summed E-state index contributed by atoms with van der Waals surface area (Å²) >= 11 is 1.31. The van der Waals surface area contributed by atoms with E-state index in [1.54, 1.807) is 19.1 Å². The Bertz CT molecular complexity index is 1060. The molecule has 0 amide bonds. The van der Waals surface area contributed by atoms with Crippen molar-refractivity contribution in [1.29, 1.82) is 0 Å². The van der Waals surface area contributed by atoms with Gasteiger partial charge in [0.05, 0.1) is 12.0 Å². The Morgan fingerprint density at radius 3 is 2.87 bits per heavy atom. The molecule has 4 rings (SSSR count). The van der Waals surface area contributed by atoms with Crippen molar-refractivity contribution in [3.05, 3.63) is 52.4 Å². The fourth-order valence-corrected chi connectivity index (χ4v) is 5.04. The average Bonchev–Trinajstić information content (AvgIpc) is 3.10.